The van der Waals surface area contributed by atoms with Gasteiger partial charge in [0.1, 0.15) is 5.69 Å². The van der Waals surface area contributed by atoms with Crippen LogP contribution in [-0.4, -0.2) is 25.9 Å². The number of aromatic nitrogens is 1. The second kappa shape index (κ2) is 9.88. The van der Waals surface area contributed by atoms with Crippen LogP contribution >= 0.6 is 0 Å². The van der Waals surface area contributed by atoms with E-state index < -0.39 is 23.6 Å². The van der Waals surface area contributed by atoms with E-state index in [1.165, 1.54) is 28.8 Å². The third-order valence-corrected chi connectivity index (χ3v) is 6.69. The van der Waals surface area contributed by atoms with Gasteiger partial charge in [0.05, 0.1) is 16.6 Å². The maximum absolute atomic E-state index is 13.6. The molecule has 5 rings (SSSR count). The molecule has 1 aromatic heterocycles. The molecule has 0 bridgehead atoms. The van der Waals surface area contributed by atoms with Crippen molar-refractivity contribution in [2.45, 2.75) is 20.0 Å². The number of phenolic OH excluding ortho intramolecular Hbond substituents is 1. The number of carboxylic acids is 1. The van der Waals surface area contributed by atoms with Gasteiger partial charge in [-0.25, -0.2) is 4.79 Å². The van der Waals surface area contributed by atoms with Gasteiger partial charge < -0.3 is 15.3 Å². The SMILES string of the molecule is Cc1ccc(-n2c(O)c(N=Nc3cccc(-c4cccc(C(=O)O)c4)c3O)c3ccc(C(F)(F)F)cc32)cc1C. The Morgan fingerprint density at radius 3 is 2.30 bits per heavy atom. The number of aromatic hydroxyl groups is 2. The second-order valence-corrected chi connectivity index (χ2v) is 9.27. The van der Waals surface area contributed by atoms with Gasteiger partial charge in [-0.2, -0.15) is 13.2 Å². The van der Waals surface area contributed by atoms with Gasteiger partial charge in [0, 0.05) is 16.6 Å². The number of aromatic carboxylic acids is 1. The maximum atomic E-state index is 13.6. The molecule has 40 heavy (non-hydrogen) atoms. The monoisotopic (exact) mass is 545 g/mol. The molecule has 0 fully saturated rings. The Hall–Kier alpha value is -5.12. The van der Waals surface area contributed by atoms with Crippen molar-refractivity contribution in [2.75, 3.05) is 0 Å². The number of alkyl halides is 3. The lowest BCUT2D eigenvalue weighted by Crippen LogP contribution is -2.05. The topological polar surface area (TPSA) is 107 Å². The van der Waals surface area contributed by atoms with Gasteiger partial charge in [0.25, 0.3) is 0 Å². The molecular weight excluding hydrogens is 523 g/mol. The van der Waals surface area contributed by atoms with Crippen LogP contribution in [0.2, 0.25) is 0 Å². The number of fused-ring (bicyclic) bond motifs is 1. The minimum Gasteiger partial charge on any atom is -0.505 e. The first kappa shape index (κ1) is 26.5. The number of carbonyl (C=O) groups is 1. The van der Waals surface area contributed by atoms with E-state index in [1.54, 1.807) is 42.5 Å². The third-order valence-electron chi connectivity index (χ3n) is 6.69. The fourth-order valence-corrected chi connectivity index (χ4v) is 4.43. The third kappa shape index (κ3) is 4.75. The molecule has 5 aromatic rings. The molecule has 0 unspecified atom stereocenters. The number of rotatable bonds is 5. The zero-order valence-electron chi connectivity index (χ0n) is 21.2. The number of aryl methyl sites for hydroxylation is 2. The van der Waals surface area contributed by atoms with Crippen molar-refractivity contribution < 1.29 is 33.3 Å². The lowest BCUT2D eigenvalue weighted by atomic mass is 10.0. The van der Waals surface area contributed by atoms with E-state index in [9.17, 15) is 33.3 Å². The number of hydrogen-bond acceptors (Lipinski definition) is 5. The average molecular weight is 546 g/mol. The number of azo groups is 1. The highest BCUT2D eigenvalue weighted by atomic mass is 19.4. The Balaban J connectivity index is 1.65. The summed E-state index contributed by atoms with van der Waals surface area (Å²) < 4.78 is 42.0. The van der Waals surface area contributed by atoms with Gasteiger partial charge in [0.15, 0.2) is 11.4 Å². The van der Waals surface area contributed by atoms with E-state index in [1.807, 2.05) is 13.8 Å². The first-order valence-corrected chi connectivity index (χ1v) is 12.1. The van der Waals surface area contributed by atoms with Crippen molar-refractivity contribution in [3.05, 3.63) is 101 Å². The van der Waals surface area contributed by atoms with Crippen LogP contribution in [0.1, 0.15) is 27.0 Å². The highest BCUT2D eigenvalue weighted by Gasteiger charge is 2.32. The van der Waals surface area contributed by atoms with E-state index in [-0.39, 0.29) is 33.6 Å². The number of halogens is 3. The minimum absolute atomic E-state index is 0.0108. The van der Waals surface area contributed by atoms with Gasteiger partial charge in [-0.15, -0.1) is 10.2 Å². The van der Waals surface area contributed by atoms with Crippen LogP contribution in [0.3, 0.4) is 0 Å². The van der Waals surface area contributed by atoms with E-state index in [2.05, 4.69) is 10.2 Å². The number of hydrogen-bond donors (Lipinski definition) is 3. The molecule has 0 amide bonds. The van der Waals surface area contributed by atoms with Gasteiger partial charge in [-0.3, -0.25) is 4.57 Å². The van der Waals surface area contributed by atoms with Crippen LogP contribution in [0, 0.1) is 13.8 Å². The number of para-hydroxylation sites is 1. The highest BCUT2D eigenvalue weighted by Crippen LogP contribution is 2.45. The molecule has 0 atom stereocenters. The summed E-state index contributed by atoms with van der Waals surface area (Å²) in [6, 6.07) is 18.9. The van der Waals surface area contributed by atoms with Crippen LogP contribution in [0.15, 0.2) is 89.1 Å². The van der Waals surface area contributed by atoms with Crippen LogP contribution in [-0.2, 0) is 6.18 Å². The van der Waals surface area contributed by atoms with E-state index >= 15 is 0 Å². The zero-order chi connectivity index (χ0) is 28.8. The summed E-state index contributed by atoms with van der Waals surface area (Å²) in [5.41, 5.74) is 2.17. The number of phenols is 1. The summed E-state index contributed by atoms with van der Waals surface area (Å²) in [7, 11) is 0. The van der Waals surface area contributed by atoms with Crippen molar-refractivity contribution in [1.82, 2.24) is 4.57 Å². The van der Waals surface area contributed by atoms with Crippen molar-refractivity contribution in [2.24, 2.45) is 10.2 Å². The molecule has 0 saturated heterocycles. The van der Waals surface area contributed by atoms with Gasteiger partial charge in [0.2, 0.25) is 5.88 Å². The first-order chi connectivity index (χ1) is 19.0. The fraction of sp³-hybridized carbons (Fsp3) is 0.100. The predicted octanol–water partition coefficient (Wildman–Crippen LogP) is 8.46. The lowest BCUT2D eigenvalue weighted by molar-refractivity contribution is -0.137. The largest absolute Gasteiger partial charge is 0.505 e. The quantitative estimate of drug-likeness (QED) is 0.193. The number of nitrogens with zero attached hydrogens (tertiary/aromatic N) is 3. The molecule has 0 saturated carbocycles. The average Bonchev–Trinajstić information content (AvgIpc) is 3.19. The maximum Gasteiger partial charge on any atom is 0.416 e. The van der Waals surface area contributed by atoms with E-state index in [4.69, 9.17) is 0 Å². The molecule has 0 aliphatic carbocycles. The Morgan fingerprint density at radius 1 is 0.850 bits per heavy atom. The normalized spacial score (nSPS) is 11.9. The van der Waals surface area contributed by atoms with Crippen molar-refractivity contribution in [1.29, 1.82) is 0 Å². The van der Waals surface area contributed by atoms with Gasteiger partial charge in [-0.05, 0) is 79.1 Å². The van der Waals surface area contributed by atoms with Crippen molar-refractivity contribution in [3.8, 4) is 28.4 Å². The molecule has 0 aliphatic rings. The minimum atomic E-state index is -4.60. The molecule has 202 valence electrons. The van der Waals surface area contributed by atoms with Crippen molar-refractivity contribution in [3.63, 3.8) is 0 Å². The van der Waals surface area contributed by atoms with Crippen LogP contribution in [0.4, 0.5) is 24.5 Å². The molecule has 0 aliphatic heterocycles. The Kier molecular flexibility index (Phi) is 6.54. The zero-order valence-corrected chi connectivity index (χ0v) is 21.2. The Bertz CT molecular complexity index is 1820. The molecule has 0 radical (unpaired) electrons. The summed E-state index contributed by atoms with van der Waals surface area (Å²) in [6.07, 6.45) is -4.60. The molecular formula is C30H22F3N3O4. The summed E-state index contributed by atoms with van der Waals surface area (Å²) in [4.78, 5) is 11.4. The Morgan fingerprint density at radius 2 is 1.60 bits per heavy atom. The number of benzene rings is 4. The van der Waals surface area contributed by atoms with Gasteiger partial charge >= 0.3 is 12.1 Å². The summed E-state index contributed by atoms with van der Waals surface area (Å²) >= 11 is 0. The first-order valence-electron chi connectivity index (χ1n) is 12.1. The van der Waals surface area contributed by atoms with E-state index in [0.29, 0.717) is 16.8 Å². The van der Waals surface area contributed by atoms with E-state index in [0.717, 1.165) is 23.3 Å². The summed E-state index contributed by atoms with van der Waals surface area (Å²) in [6.45, 7) is 3.75. The number of carboxylic acid groups (broad SMARTS) is 1. The molecule has 0 spiro atoms. The van der Waals surface area contributed by atoms with Crippen molar-refractivity contribution >= 4 is 28.2 Å². The second-order valence-electron chi connectivity index (χ2n) is 9.27. The summed E-state index contributed by atoms with van der Waals surface area (Å²) in [5.74, 6) is -1.84. The fourth-order valence-electron chi connectivity index (χ4n) is 4.43. The van der Waals surface area contributed by atoms with Crippen LogP contribution < -0.4 is 0 Å². The Labute approximate surface area is 226 Å². The lowest BCUT2D eigenvalue weighted by Gasteiger charge is -2.11. The predicted molar refractivity (Wildman–Crippen MR) is 144 cm³/mol. The molecule has 7 nitrogen and oxygen atoms in total. The van der Waals surface area contributed by atoms with Gasteiger partial charge in [-0.1, -0.05) is 30.3 Å². The molecule has 10 heteroatoms. The van der Waals surface area contributed by atoms with Crippen LogP contribution in [0.5, 0.6) is 11.6 Å². The standard InChI is InChI=1S/C30H22F3N3O4/c1-16-9-11-21(13-17(16)2)36-25-15-20(30(31,32)33)10-12-23(25)26(28(36)38)35-34-24-8-4-7-22(27(24)37)18-5-3-6-19(14-18)29(39)40/h3-15,37-38H,1-2H3,(H,39,40). The molecule has 1 heterocycles. The summed E-state index contributed by atoms with van der Waals surface area (Å²) in [5, 5.41) is 39.9. The highest BCUT2D eigenvalue weighted by molar-refractivity contribution is 5.97. The van der Waals surface area contributed by atoms with Crippen LogP contribution in [0.25, 0.3) is 27.7 Å². The molecule has 3 N–H and O–H groups in total. The molecule has 4 aromatic carbocycles. The smallest absolute Gasteiger partial charge is 0.416 e.